The Morgan fingerprint density at radius 2 is 0.570 bits per heavy atom. The van der Waals surface area contributed by atoms with Crippen LogP contribution in [0.25, 0.3) is 67.2 Å². The number of nitrogens with one attached hydrogen (secondary N) is 3. The van der Waals surface area contributed by atoms with Crippen molar-refractivity contribution in [3.05, 3.63) is 196 Å². The Morgan fingerprint density at radius 3 is 0.825 bits per heavy atom. The fourth-order valence-corrected chi connectivity index (χ4v) is 12.1. The number of nitrogens with zero attached hydrogens (tertiary/aromatic N) is 3. The number of nitrogens with two attached hydrogens (primary N) is 3. The van der Waals surface area contributed by atoms with Crippen LogP contribution in [0.3, 0.4) is 0 Å². The quantitative estimate of drug-likeness (QED) is 0.0169. The van der Waals surface area contributed by atoms with Crippen LogP contribution >= 0.6 is 34.8 Å². The average molecular weight is 1620 g/mol. The molecule has 33 heteroatoms. The summed E-state index contributed by atoms with van der Waals surface area (Å²) >= 11 is 18.2. The molecule has 5 atom stereocenters. The van der Waals surface area contributed by atoms with Crippen molar-refractivity contribution in [2.45, 2.75) is 134 Å². The first-order chi connectivity index (χ1) is 54.3. The summed E-state index contributed by atoms with van der Waals surface area (Å²) in [7, 11) is 0. The third-order valence-corrected chi connectivity index (χ3v) is 18.4. The molecule has 9 rings (SSSR count). The summed E-state index contributed by atoms with van der Waals surface area (Å²) in [5.41, 5.74) is 26.0. The number of carbonyl (C=O) groups excluding carboxylic acids is 8. The molecular formula is C81H82Cl3N9O21. The number of Topliss-reactive ketones (excluding diaryl/α,β-unsaturated/α-hetero) is 2. The second kappa shape index (κ2) is 44.4. The molecule has 9 aromatic rings. The van der Waals surface area contributed by atoms with Gasteiger partial charge in [0.05, 0.1) is 12.1 Å². The lowest BCUT2D eigenvalue weighted by molar-refractivity contribution is -0.139. The van der Waals surface area contributed by atoms with Gasteiger partial charge in [0.15, 0.2) is 11.6 Å². The maximum atomic E-state index is 12.8. The van der Waals surface area contributed by atoms with Crippen LogP contribution in [0.1, 0.15) is 114 Å². The molecule has 114 heavy (non-hydrogen) atoms. The summed E-state index contributed by atoms with van der Waals surface area (Å²) < 4.78 is 16.0. The molecule has 30 nitrogen and oxygen atoms in total. The normalized spacial score (nSPS) is 12.1. The molecule has 0 aliphatic heterocycles. The highest BCUT2D eigenvalue weighted by Gasteiger charge is 2.30. The zero-order valence-corrected chi connectivity index (χ0v) is 63.4. The van der Waals surface area contributed by atoms with Crippen molar-refractivity contribution >= 4 is 112 Å². The monoisotopic (exact) mass is 1620 g/mol. The molecule has 6 aromatic carbocycles. The highest BCUT2D eigenvalue weighted by atomic mass is 35.5. The standard InChI is InChI=1S/2C29H30ClN3O8.C23H22ClN3O5/c2*30-21-3-1-2-19(14-21)17-4-6-18(7-5-17)24-16-22(41-33-24)9-11-26(35)32-23(10-13-28(38)39)25(34)15-20(29(31)40)8-12-27(36)37;24-17-3-1-2-16(12-17)14-4-6-15(7-5-14)20-13-18(32-27-20)8-10-21(28)26-19(23(25)31)9-11-22(29)30/h2*1-7,14,16,20,23H,8-13,15H2,(H2,31,40)(H,32,35)(H,36,37)(H,38,39);1-7,12-13,19H,8-11H2,(H2,25,31)(H,26,28)(H,29,30)/t20-,23+;20-,23-;19-/m100/s1. The number of carboxylic acids is 5. The van der Waals surface area contributed by atoms with Crippen LogP contribution in [-0.2, 0) is 81.6 Å². The van der Waals surface area contributed by atoms with Gasteiger partial charge in [-0.1, -0.05) is 159 Å². The molecule has 14 N–H and O–H groups in total. The van der Waals surface area contributed by atoms with Gasteiger partial charge in [-0.3, -0.25) is 62.3 Å². The topological polar surface area (TPSA) is 515 Å². The maximum absolute atomic E-state index is 12.8. The van der Waals surface area contributed by atoms with Crippen molar-refractivity contribution in [3.63, 3.8) is 0 Å². The number of ketones is 2. The van der Waals surface area contributed by atoms with Crippen LogP contribution in [0.15, 0.2) is 177 Å². The minimum Gasteiger partial charge on any atom is -0.481 e. The van der Waals surface area contributed by atoms with Gasteiger partial charge in [0.1, 0.15) is 40.4 Å². The minimum absolute atomic E-state index is 0.0409. The SMILES string of the molecule is NC(=O)[C@@H](CCC(=O)O)CC(=O)[C@H](CCC(=O)O)NC(=O)CCc1cc(-c2ccc(-c3cccc(Cl)c3)cc2)no1.NC(=O)[C@H](CCC(=O)O)CC(=O)[C@H](CCC(=O)O)NC(=O)CCc1cc(-c2ccc(-c3cccc(Cl)c3)cc2)no1.NC(=O)[C@H](CCC(=O)O)NC(=O)CCc1cc(-c2ccc(-c3cccc(Cl)c3)cc2)no1. The fourth-order valence-electron chi connectivity index (χ4n) is 11.5. The van der Waals surface area contributed by atoms with Crippen molar-refractivity contribution in [1.29, 1.82) is 0 Å². The van der Waals surface area contributed by atoms with Crippen molar-refractivity contribution in [2.24, 2.45) is 29.0 Å². The molecule has 598 valence electrons. The lowest BCUT2D eigenvalue weighted by atomic mass is 9.92. The van der Waals surface area contributed by atoms with Crippen molar-refractivity contribution < 1.29 is 101 Å². The predicted octanol–water partition coefficient (Wildman–Crippen LogP) is 11.2. The lowest BCUT2D eigenvalue weighted by Gasteiger charge is -2.19. The summed E-state index contributed by atoms with van der Waals surface area (Å²) in [4.78, 5) is 152. The predicted molar refractivity (Wildman–Crippen MR) is 416 cm³/mol. The Labute approximate surface area is 667 Å². The van der Waals surface area contributed by atoms with Crippen LogP contribution in [0.4, 0.5) is 0 Å². The van der Waals surface area contributed by atoms with E-state index in [0.29, 0.717) is 49.4 Å². The van der Waals surface area contributed by atoms with Gasteiger partial charge in [-0.05, 0) is 102 Å². The summed E-state index contributed by atoms with van der Waals surface area (Å²) in [5.74, 6) is -11.6. The smallest absolute Gasteiger partial charge is 0.303 e. The number of rotatable bonds is 42. The third kappa shape index (κ3) is 30.2. The number of carbonyl (C=O) groups is 13. The van der Waals surface area contributed by atoms with E-state index < -0.39 is 133 Å². The number of amides is 6. The minimum atomic E-state index is -1.17. The fraction of sp³-hybridized carbons (Fsp3) is 0.284. The largest absolute Gasteiger partial charge is 0.481 e. The van der Waals surface area contributed by atoms with E-state index in [1.165, 1.54) is 0 Å². The lowest BCUT2D eigenvalue weighted by Crippen LogP contribution is -2.44. The van der Waals surface area contributed by atoms with E-state index >= 15 is 0 Å². The number of halogens is 3. The second-order valence-corrected chi connectivity index (χ2v) is 27.6. The van der Waals surface area contributed by atoms with Gasteiger partial charge in [0.25, 0.3) is 0 Å². The van der Waals surface area contributed by atoms with Gasteiger partial charge < -0.3 is 72.3 Å². The average Bonchev–Trinajstić information content (AvgIpc) is 1.58. The van der Waals surface area contributed by atoms with Crippen molar-refractivity contribution in [1.82, 2.24) is 31.4 Å². The zero-order valence-electron chi connectivity index (χ0n) is 61.2. The molecule has 0 saturated heterocycles. The van der Waals surface area contributed by atoms with Gasteiger partial charge in [-0.15, -0.1) is 0 Å². The first-order valence-corrected chi connectivity index (χ1v) is 36.8. The molecule has 6 amide bonds. The molecule has 0 unspecified atom stereocenters. The highest BCUT2D eigenvalue weighted by Crippen LogP contribution is 2.31. The molecule has 0 spiro atoms. The molecule has 0 saturated carbocycles. The number of hydrogen-bond donors (Lipinski definition) is 11. The van der Waals surface area contributed by atoms with E-state index in [1.807, 2.05) is 133 Å². The number of benzene rings is 6. The highest BCUT2D eigenvalue weighted by molar-refractivity contribution is 6.31. The molecule has 0 aliphatic rings. The van der Waals surface area contributed by atoms with Crippen molar-refractivity contribution in [3.8, 4) is 67.2 Å². The number of aryl methyl sites for hydroxylation is 3. The second-order valence-electron chi connectivity index (χ2n) is 26.3. The van der Waals surface area contributed by atoms with E-state index in [1.54, 1.807) is 30.3 Å². The molecule has 3 aromatic heterocycles. The summed E-state index contributed by atoms with van der Waals surface area (Å²) in [6.07, 6.45) is -2.83. The molecule has 0 fully saturated rings. The van der Waals surface area contributed by atoms with Crippen LogP contribution in [0.2, 0.25) is 15.1 Å². The van der Waals surface area contributed by atoms with Gasteiger partial charge in [-0.25, -0.2) is 0 Å². The summed E-state index contributed by atoms with van der Waals surface area (Å²) in [6.45, 7) is 0. The van der Waals surface area contributed by atoms with Crippen LogP contribution in [-0.4, -0.2) is 136 Å². The zero-order chi connectivity index (χ0) is 83.0. The third-order valence-electron chi connectivity index (χ3n) is 17.7. The maximum Gasteiger partial charge on any atom is 0.303 e. The Hall–Kier alpha value is -12.7. The molecular weight excluding hydrogens is 1540 g/mol. The van der Waals surface area contributed by atoms with E-state index in [-0.39, 0.29) is 89.9 Å². The molecule has 0 aliphatic carbocycles. The van der Waals surface area contributed by atoms with E-state index in [9.17, 15) is 62.3 Å². The molecule has 0 radical (unpaired) electrons. The van der Waals surface area contributed by atoms with E-state index in [2.05, 4.69) is 31.4 Å². The van der Waals surface area contributed by atoms with Gasteiger partial charge >= 0.3 is 29.8 Å². The number of hydrogen-bond acceptors (Lipinski definition) is 19. The first kappa shape index (κ1) is 88.5. The number of aliphatic carboxylic acids is 5. The van der Waals surface area contributed by atoms with Gasteiger partial charge in [-0.2, -0.15) is 0 Å². The number of aromatic nitrogens is 3. The summed E-state index contributed by atoms with van der Waals surface area (Å²) in [5, 5.41) is 66.1. The Morgan fingerprint density at radius 1 is 0.316 bits per heavy atom. The Balaban J connectivity index is 0.000000239. The Bertz CT molecular complexity index is 4660. The van der Waals surface area contributed by atoms with Gasteiger partial charge in [0, 0.05) is 145 Å². The van der Waals surface area contributed by atoms with Crippen LogP contribution in [0.5, 0.6) is 0 Å². The molecule has 0 bridgehead atoms. The molecule has 3 heterocycles. The first-order valence-electron chi connectivity index (χ1n) is 35.7. The van der Waals surface area contributed by atoms with Gasteiger partial charge in [0.2, 0.25) is 35.4 Å². The van der Waals surface area contributed by atoms with Crippen molar-refractivity contribution in [2.75, 3.05) is 0 Å². The number of primary amides is 3. The van der Waals surface area contributed by atoms with Crippen LogP contribution in [0, 0.1) is 11.8 Å². The number of carboxylic acid groups (broad SMARTS) is 5. The summed E-state index contributed by atoms with van der Waals surface area (Å²) in [6, 6.07) is 47.4. The van der Waals surface area contributed by atoms with Crippen LogP contribution < -0.4 is 33.2 Å². The van der Waals surface area contributed by atoms with E-state index in [4.69, 9.17) is 91.1 Å². The Kier molecular flexibility index (Phi) is 34.5. The van der Waals surface area contributed by atoms with E-state index in [0.717, 1.165) is 50.1 Å².